The Labute approximate surface area is 137 Å². The quantitative estimate of drug-likeness (QED) is 0.641. The standard InChI is InChI=1S/C17H25N3O3/c21-17(18-22)16(14-4-2-1-3-5-14)20-8-6-15(7-9-20)19-10-12-23-13-11-19/h1-5,15-16,22H,6-13H2,(H,18,21). The van der Waals surface area contributed by atoms with E-state index in [1.54, 1.807) is 0 Å². The summed E-state index contributed by atoms with van der Waals surface area (Å²) < 4.78 is 5.42. The lowest BCUT2D eigenvalue weighted by Gasteiger charge is -2.42. The van der Waals surface area contributed by atoms with Gasteiger partial charge < -0.3 is 4.74 Å². The Bertz CT molecular complexity index is 497. The van der Waals surface area contributed by atoms with Crippen LogP contribution < -0.4 is 5.48 Å². The van der Waals surface area contributed by atoms with E-state index in [1.807, 2.05) is 35.8 Å². The number of nitrogens with one attached hydrogen (secondary N) is 1. The Morgan fingerprint density at radius 3 is 2.39 bits per heavy atom. The van der Waals surface area contributed by atoms with Gasteiger partial charge in [-0.3, -0.25) is 19.8 Å². The second kappa shape index (κ2) is 7.88. The molecule has 2 aliphatic heterocycles. The van der Waals surface area contributed by atoms with Gasteiger partial charge in [-0.15, -0.1) is 0 Å². The molecule has 23 heavy (non-hydrogen) atoms. The van der Waals surface area contributed by atoms with E-state index >= 15 is 0 Å². The van der Waals surface area contributed by atoms with Crippen molar-refractivity contribution in [3.63, 3.8) is 0 Å². The molecule has 1 atom stereocenters. The predicted molar refractivity (Wildman–Crippen MR) is 86.1 cm³/mol. The van der Waals surface area contributed by atoms with E-state index in [9.17, 15) is 4.79 Å². The molecule has 1 amide bonds. The number of benzene rings is 1. The van der Waals surface area contributed by atoms with Crippen LogP contribution in [-0.4, -0.2) is 66.3 Å². The van der Waals surface area contributed by atoms with Crippen LogP contribution in [0, 0.1) is 0 Å². The smallest absolute Gasteiger partial charge is 0.265 e. The van der Waals surface area contributed by atoms with E-state index in [0.717, 1.165) is 57.8 Å². The Morgan fingerprint density at radius 1 is 1.13 bits per heavy atom. The molecule has 0 spiro atoms. The monoisotopic (exact) mass is 319 g/mol. The molecule has 2 saturated heterocycles. The minimum absolute atomic E-state index is 0.360. The molecule has 6 heteroatoms. The summed E-state index contributed by atoms with van der Waals surface area (Å²) in [6.45, 7) is 5.36. The average Bonchev–Trinajstić information content (AvgIpc) is 2.64. The number of rotatable bonds is 4. The summed E-state index contributed by atoms with van der Waals surface area (Å²) in [6.07, 6.45) is 2.09. The summed E-state index contributed by atoms with van der Waals surface area (Å²) >= 11 is 0. The van der Waals surface area contributed by atoms with Gasteiger partial charge in [-0.2, -0.15) is 0 Å². The van der Waals surface area contributed by atoms with Crippen molar-refractivity contribution in [2.45, 2.75) is 24.9 Å². The van der Waals surface area contributed by atoms with E-state index in [0.29, 0.717) is 6.04 Å². The minimum Gasteiger partial charge on any atom is -0.379 e. The van der Waals surface area contributed by atoms with E-state index in [1.165, 1.54) is 0 Å². The maximum atomic E-state index is 12.2. The SMILES string of the molecule is O=C(NO)C(c1ccccc1)N1CCC(N2CCOCC2)CC1. The molecule has 1 aromatic rings. The summed E-state index contributed by atoms with van der Waals surface area (Å²) in [6, 6.07) is 9.81. The van der Waals surface area contributed by atoms with Gasteiger partial charge in [0.25, 0.3) is 5.91 Å². The number of ether oxygens (including phenoxy) is 1. The molecule has 0 saturated carbocycles. The number of hydrogen-bond donors (Lipinski definition) is 2. The van der Waals surface area contributed by atoms with E-state index in [-0.39, 0.29) is 5.91 Å². The van der Waals surface area contributed by atoms with Crippen molar-refractivity contribution in [1.82, 2.24) is 15.3 Å². The van der Waals surface area contributed by atoms with Gasteiger partial charge in [0, 0.05) is 32.2 Å². The normalized spacial score (nSPS) is 22.7. The van der Waals surface area contributed by atoms with Gasteiger partial charge in [0.1, 0.15) is 6.04 Å². The zero-order chi connectivity index (χ0) is 16.1. The lowest BCUT2D eigenvalue weighted by molar-refractivity contribution is -0.136. The third-order valence-electron chi connectivity index (χ3n) is 4.90. The molecule has 2 aliphatic rings. The number of hydroxylamine groups is 1. The molecule has 0 aromatic heterocycles. The Balaban J connectivity index is 1.64. The van der Waals surface area contributed by atoms with Gasteiger partial charge in [-0.05, 0) is 18.4 Å². The van der Waals surface area contributed by atoms with Crippen LogP contribution in [0.25, 0.3) is 0 Å². The minimum atomic E-state index is -0.424. The first-order valence-electron chi connectivity index (χ1n) is 8.34. The number of piperidine rings is 1. The fourth-order valence-corrected chi connectivity index (χ4v) is 3.68. The predicted octanol–water partition coefficient (Wildman–Crippen LogP) is 1.03. The van der Waals surface area contributed by atoms with Gasteiger partial charge in [0.15, 0.2) is 0 Å². The number of likely N-dealkylation sites (tertiary alicyclic amines) is 1. The molecule has 3 rings (SSSR count). The first-order chi connectivity index (χ1) is 11.3. The van der Waals surface area contributed by atoms with Crippen LogP contribution in [0.1, 0.15) is 24.4 Å². The molecule has 2 heterocycles. The fraction of sp³-hybridized carbons (Fsp3) is 0.588. The Hall–Kier alpha value is -1.47. The number of morpholine rings is 1. The zero-order valence-electron chi connectivity index (χ0n) is 13.4. The van der Waals surface area contributed by atoms with Crippen LogP contribution in [0.5, 0.6) is 0 Å². The Kier molecular flexibility index (Phi) is 5.61. The number of hydrogen-bond acceptors (Lipinski definition) is 5. The van der Waals surface area contributed by atoms with Crippen molar-refractivity contribution in [2.75, 3.05) is 39.4 Å². The molecule has 2 N–H and O–H groups in total. The van der Waals surface area contributed by atoms with Gasteiger partial charge in [0.05, 0.1) is 13.2 Å². The average molecular weight is 319 g/mol. The van der Waals surface area contributed by atoms with Crippen LogP contribution in [0.4, 0.5) is 0 Å². The summed E-state index contributed by atoms with van der Waals surface area (Å²) in [5.74, 6) is -0.360. The third kappa shape index (κ3) is 3.90. The van der Waals surface area contributed by atoms with Crippen molar-refractivity contribution in [2.24, 2.45) is 0 Å². The van der Waals surface area contributed by atoms with Crippen molar-refractivity contribution < 1.29 is 14.7 Å². The van der Waals surface area contributed by atoms with Gasteiger partial charge in [-0.1, -0.05) is 30.3 Å². The molecule has 0 aliphatic carbocycles. The van der Waals surface area contributed by atoms with Crippen LogP contribution in [0.15, 0.2) is 30.3 Å². The van der Waals surface area contributed by atoms with Crippen molar-refractivity contribution in [3.8, 4) is 0 Å². The Morgan fingerprint density at radius 2 is 1.78 bits per heavy atom. The molecule has 1 unspecified atom stereocenters. The highest BCUT2D eigenvalue weighted by molar-refractivity contribution is 5.82. The first kappa shape index (κ1) is 16.4. The number of carbonyl (C=O) groups is 1. The molecule has 0 radical (unpaired) electrons. The van der Waals surface area contributed by atoms with E-state index < -0.39 is 6.04 Å². The summed E-state index contributed by atoms with van der Waals surface area (Å²) in [7, 11) is 0. The van der Waals surface area contributed by atoms with Crippen molar-refractivity contribution in [3.05, 3.63) is 35.9 Å². The van der Waals surface area contributed by atoms with Crippen LogP contribution in [0.2, 0.25) is 0 Å². The topological polar surface area (TPSA) is 65.0 Å². The number of amides is 1. The lowest BCUT2D eigenvalue weighted by Crippen LogP contribution is -2.51. The first-order valence-corrected chi connectivity index (χ1v) is 8.34. The largest absolute Gasteiger partial charge is 0.379 e. The van der Waals surface area contributed by atoms with Crippen molar-refractivity contribution >= 4 is 5.91 Å². The highest BCUT2D eigenvalue weighted by Gasteiger charge is 2.32. The molecule has 1 aromatic carbocycles. The van der Waals surface area contributed by atoms with Crippen LogP contribution >= 0.6 is 0 Å². The number of carbonyl (C=O) groups excluding carboxylic acids is 1. The fourth-order valence-electron chi connectivity index (χ4n) is 3.68. The summed E-state index contributed by atoms with van der Waals surface area (Å²) in [4.78, 5) is 16.8. The molecule has 126 valence electrons. The molecule has 6 nitrogen and oxygen atoms in total. The van der Waals surface area contributed by atoms with E-state index in [4.69, 9.17) is 9.94 Å². The maximum Gasteiger partial charge on any atom is 0.265 e. The van der Waals surface area contributed by atoms with Gasteiger partial charge in [-0.25, -0.2) is 5.48 Å². The zero-order valence-corrected chi connectivity index (χ0v) is 13.4. The van der Waals surface area contributed by atoms with Crippen LogP contribution in [0.3, 0.4) is 0 Å². The number of nitrogens with zero attached hydrogens (tertiary/aromatic N) is 2. The molecular formula is C17H25N3O3. The highest BCUT2D eigenvalue weighted by atomic mass is 16.5. The summed E-state index contributed by atoms with van der Waals surface area (Å²) in [5.41, 5.74) is 2.75. The third-order valence-corrected chi connectivity index (χ3v) is 4.90. The van der Waals surface area contributed by atoms with Gasteiger partial charge in [0.2, 0.25) is 0 Å². The van der Waals surface area contributed by atoms with E-state index in [2.05, 4.69) is 9.80 Å². The second-order valence-electron chi connectivity index (χ2n) is 6.20. The highest BCUT2D eigenvalue weighted by Crippen LogP contribution is 2.27. The lowest BCUT2D eigenvalue weighted by atomic mass is 9.97. The summed E-state index contributed by atoms with van der Waals surface area (Å²) in [5, 5.41) is 9.10. The maximum absolute atomic E-state index is 12.2. The van der Waals surface area contributed by atoms with Crippen LogP contribution in [-0.2, 0) is 9.53 Å². The second-order valence-corrected chi connectivity index (χ2v) is 6.20. The van der Waals surface area contributed by atoms with Gasteiger partial charge >= 0.3 is 0 Å². The molecule has 0 bridgehead atoms. The molecular weight excluding hydrogens is 294 g/mol. The van der Waals surface area contributed by atoms with Crippen molar-refractivity contribution in [1.29, 1.82) is 0 Å². The molecule has 2 fully saturated rings.